The predicted molar refractivity (Wildman–Crippen MR) is 79.7 cm³/mol. The van der Waals surface area contributed by atoms with Crippen LogP contribution in [0.15, 0.2) is 36.4 Å². The standard InChI is InChI=1S/C14H12Cl2N2O2/c1-8(9-2-4-11(15)5-3-9)17-13-7-10(14(19)20)6-12(16)18-13/h2-8H,1H3,(H,17,18)(H,19,20). The van der Waals surface area contributed by atoms with E-state index >= 15 is 0 Å². The zero-order valence-electron chi connectivity index (χ0n) is 10.6. The molecule has 0 aliphatic rings. The Morgan fingerprint density at radius 3 is 2.50 bits per heavy atom. The highest BCUT2D eigenvalue weighted by atomic mass is 35.5. The molecule has 0 fully saturated rings. The van der Waals surface area contributed by atoms with Crippen LogP contribution in [0, 0.1) is 0 Å². The fraction of sp³-hybridized carbons (Fsp3) is 0.143. The quantitative estimate of drug-likeness (QED) is 0.828. The van der Waals surface area contributed by atoms with Gasteiger partial charge in [-0.15, -0.1) is 0 Å². The van der Waals surface area contributed by atoms with Crippen LogP contribution in [0.4, 0.5) is 5.82 Å². The van der Waals surface area contributed by atoms with Crippen LogP contribution < -0.4 is 5.32 Å². The van der Waals surface area contributed by atoms with Gasteiger partial charge in [0.1, 0.15) is 11.0 Å². The monoisotopic (exact) mass is 310 g/mol. The van der Waals surface area contributed by atoms with Gasteiger partial charge in [0, 0.05) is 11.1 Å². The van der Waals surface area contributed by atoms with Crippen molar-refractivity contribution >= 4 is 35.0 Å². The van der Waals surface area contributed by atoms with Crippen molar-refractivity contribution < 1.29 is 9.90 Å². The number of halogens is 2. The van der Waals surface area contributed by atoms with E-state index in [9.17, 15) is 4.79 Å². The molecule has 0 bridgehead atoms. The van der Waals surface area contributed by atoms with Crippen LogP contribution in [0.2, 0.25) is 10.2 Å². The molecule has 20 heavy (non-hydrogen) atoms. The molecule has 0 aliphatic heterocycles. The van der Waals surface area contributed by atoms with Crippen LogP contribution >= 0.6 is 23.2 Å². The lowest BCUT2D eigenvalue weighted by molar-refractivity contribution is 0.0697. The Morgan fingerprint density at radius 2 is 1.90 bits per heavy atom. The van der Waals surface area contributed by atoms with Crippen LogP contribution in [-0.4, -0.2) is 16.1 Å². The molecule has 0 aliphatic carbocycles. The number of carbonyl (C=O) groups is 1. The normalized spacial score (nSPS) is 11.9. The lowest BCUT2D eigenvalue weighted by Crippen LogP contribution is -2.09. The van der Waals surface area contributed by atoms with Gasteiger partial charge in [0.25, 0.3) is 0 Å². The minimum absolute atomic E-state index is 0.0557. The van der Waals surface area contributed by atoms with Crippen molar-refractivity contribution in [2.75, 3.05) is 5.32 Å². The maximum atomic E-state index is 11.0. The van der Waals surface area contributed by atoms with E-state index in [1.165, 1.54) is 12.1 Å². The number of rotatable bonds is 4. The Hall–Kier alpha value is -1.78. The molecule has 1 aromatic heterocycles. The first kappa shape index (κ1) is 14.6. The Morgan fingerprint density at radius 1 is 1.25 bits per heavy atom. The van der Waals surface area contributed by atoms with Gasteiger partial charge in [0.05, 0.1) is 5.56 Å². The van der Waals surface area contributed by atoms with Crippen molar-refractivity contribution in [2.24, 2.45) is 0 Å². The van der Waals surface area contributed by atoms with E-state index in [0.717, 1.165) is 5.56 Å². The first-order valence-electron chi connectivity index (χ1n) is 5.88. The van der Waals surface area contributed by atoms with E-state index in [1.807, 2.05) is 19.1 Å². The van der Waals surface area contributed by atoms with Crippen molar-refractivity contribution in [3.05, 3.63) is 57.7 Å². The zero-order valence-corrected chi connectivity index (χ0v) is 12.1. The summed E-state index contributed by atoms with van der Waals surface area (Å²) in [7, 11) is 0. The van der Waals surface area contributed by atoms with Crippen molar-refractivity contribution in [3.8, 4) is 0 Å². The lowest BCUT2D eigenvalue weighted by atomic mass is 10.1. The molecular weight excluding hydrogens is 299 g/mol. The van der Waals surface area contributed by atoms with Crippen LogP contribution in [0.3, 0.4) is 0 Å². The summed E-state index contributed by atoms with van der Waals surface area (Å²) < 4.78 is 0. The van der Waals surface area contributed by atoms with Gasteiger partial charge in [-0.3, -0.25) is 0 Å². The fourth-order valence-corrected chi connectivity index (χ4v) is 2.09. The Labute approximate surface area is 126 Å². The first-order chi connectivity index (χ1) is 9.45. The van der Waals surface area contributed by atoms with Gasteiger partial charge < -0.3 is 10.4 Å². The summed E-state index contributed by atoms with van der Waals surface area (Å²) in [6.07, 6.45) is 0. The molecule has 4 nitrogen and oxygen atoms in total. The summed E-state index contributed by atoms with van der Waals surface area (Å²) in [6, 6.07) is 10.1. The molecule has 0 spiro atoms. The highest BCUT2D eigenvalue weighted by Crippen LogP contribution is 2.22. The number of benzene rings is 1. The number of nitrogens with one attached hydrogen (secondary N) is 1. The van der Waals surface area contributed by atoms with Gasteiger partial charge in [0.15, 0.2) is 0 Å². The van der Waals surface area contributed by atoms with Crippen molar-refractivity contribution in [1.82, 2.24) is 4.98 Å². The summed E-state index contributed by atoms with van der Waals surface area (Å²) >= 11 is 11.6. The third kappa shape index (κ3) is 3.62. The maximum Gasteiger partial charge on any atom is 0.335 e. The number of hydrogen-bond acceptors (Lipinski definition) is 3. The molecule has 104 valence electrons. The van der Waals surface area contributed by atoms with Gasteiger partial charge >= 0.3 is 5.97 Å². The highest BCUT2D eigenvalue weighted by Gasteiger charge is 2.10. The third-order valence-electron chi connectivity index (χ3n) is 2.78. The number of nitrogens with zero attached hydrogens (tertiary/aromatic N) is 1. The molecule has 0 amide bonds. The highest BCUT2D eigenvalue weighted by molar-refractivity contribution is 6.30. The molecule has 1 atom stereocenters. The fourth-order valence-electron chi connectivity index (χ4n) is 1.75. The van der Waals surface area contributed by atoms with E-state index in [0.29, 0.717) is 10.8 Å². The minimum atomic E-state index is -1.04. The average molecular weight is 311 g/mol. The second kappa shape index (κ2) is 6.11. The second-order valence-corrected chi connectivity index (χ2v) is 5.11. The predicted octanol–water partition coefficient (Wildman–Crippen LogP) is 4.26. The van der Waals surface area contributed by atoms with Gasteiger partial charge in [-0.1, -0.05) is 35.3 Å². The summed E-state index contributed by atoms with van der Waals surface area (Å²) in [5, 5.41) is 12.9. The Kier molecular flexibility index (Phi) is 4.47. The van der Waals surface area contributed by atoms with Crippen LogP contribution in [0.1, 0.15) is 28.9 Å². The molecule has 2 N–H and O–H groups in total. The summed E-state index contributed by atoms with van der Waals surface area (Å²) in [6.45, 7) is 1.94. The molecule has 1 aromatic carbocycles. The van der Waals surface area contributed by atoms with E-state index < -0.39 is 5.97 Å². The maximum absolute atomic E-state index is 11.0. The van der Waals surface area contributed by atoms with E-state index in [-0.39, 0.29) is 16.8 Å². The van der Waals surface area contributed by atoms with E-state index in [1.54, 1.807) is 12.1 Å². The molecule has 1 unspecified atom stereocenters. The number of pyridine rings is 1. The minimum Gasteiger partial charge on any atom is -0.478 e. The van der Waals surface area contributed by atoms with Gasteiger partial charge in [0.2, 0.25) is 0 Å². The number of aromatic nitrogens is 1. The third-order valence-corrected chi connectivity index (χ3v) is 3.22. The van der Waals surface area contributed by atoms with Crippen LogP contribution in [-0.2, 0) is 0 Å². The van der Waals surface area contributed by atoms with Crippen molar-refractivity contribution in [2.45, 2.75) is 13.0 Å². The topological polar surface area (TPSA) is 62.2 Å². The Bertz CT molecular complexity index is 630. The Balaban J connectivity index is 2.21. The van der Waals surface area contributed by atoms with Crippen LogP contribution in [0.25, 0.3) is 0 Å². The van der Waals surface area contributed by atoms with E-state index in [4.69, 9.17) is 28.3 Å². The number of carboxylic acids is 1. The zero-order chi connectivity index (χ0) is 14.7. The number of carboxylic acid groups (broad SMARTS) is 1. The second-order valence-electron chi connectivity index (χ2n) is 4.29. The molecule has 0 radical (unpaired) electrons. The molecule has 1 heterocycles. The molecular formula is C14H12Cl2N2O2. The summed E-state index contributed by atoms with van der Waals surface area (Å²) in [4.78, 5) is 15.0. The lowest BCUT2D eigenvalue weighted by Gasteiger charge is -2.15. The molecule has 2 rings (SSSR count). The van der Waals surface area contributed by atoms with E-state index in [2.05, 4.69) is 10.3 Å². The molecule has 2 aromatic rings. The van der Waals surface area contributed by atoms with Crippen molar-refractivity contribution in [3.63, 3.8) is 0 Å². The first-order valence-corrected chi connectivity index (χ1v) is 6.64. The van der Waals surface area contributed by atoms with Gasteiger partial charge in [-0.25, -0.2) is 9.78 Å². The smallest absolute Gasteiger partial charge is 0.335 e. The van der Waals surface area contributed by atoms with Gasteiger partial charge in [-0.05, 0) is 36.8 Å². The van der Waals surface area contributed by atoms with Gasteiger partial charge in [-0.2, -0.15) is 0 Å². The number of hydrogen-bond donors (Lipinski definition) is 2. The molecule has 6 heteroatoms. The molecule has 0 saturated carbocycles. The largest absolute Gasteiger partial charge is 0.478 e. The SMILES string of the molecule is CC(Nc1cc(C(=O)O)cc(Cl)n1)c1ccc(Cl)cc1. The molecule has 0 saturated heterocycles. The summed E-state index contributed by atoms with van der Waals surface area (Å²) in [5.74, 6) is -0.631. The average Bonchev–Trinajstić information content (AvgIpc) is 2.38. The van der Waals surface area contributed by atoms with Crippen molar-refractivity contribution in [1.29, 1.82) is 0 Å². The summed E-state index contributed by atoms with van der Waals surface area (Å²) in [5.41, 5.74) is 1.10. The van der Waals surface area contributed by atoms with Crippen LogP contribution in [0.5, 0.6) is 0 Å². The number of aromatic carboxylic acids is 1. The number of anilines is 1.